The molecule has 6 heterocycles. The molecule has 44 heavy (non-hydrogen) atoms. The SMILES string of the molecule is CCC(CC(C)n1ccnc1)n1ccnc1.COc1ccnc(-n2cccn2)c1.COc1ccnc(-n2cccn2)c1.[Cl][Os]. The molecule has 0 aliphatic rings. The van der Waals surface area contributed by atoms with Crippen LogP contribution in [0.3, 0.4) is 0 Å². The van der Waals surface area contributed by atoms with Crippen molar-refractivity contribution < 1.29 is 27.1 Å². The van der Waals surface area contributed by atoms with Crippen LogP contribution >= 0.6 is 9.64 Å². The maximum atomic E-state index is 5.07. The second-order valence-electron chi connectivity index (χ2n) is 9.18. The Kier molecular flexibility index (Phi) is 14.8. The van der Waals surface area contributed by atoms with Crippen molar-refractivity contribution in [1.29, 1.82) is 0 Å². The van der Waals surface area contributed by atoms with Crippen molar-refractivity contribution in [3.63, 3.8) is 0 Å². The summed E-state index contributed by atoms with van der Waals surface area (Å²) in [7, 11) is 7.92. The molecule has 2 unspecified atom stereocenters. The van der Waals surface area contributed by atoms with Crippen LogP contribution in [0.25, 0.3) is 11.6 Å². The first-order valence-corrected chi connectivity index (χ1v) is 16.8. The van der Waals surface area contributed by atoms with Crippen molar-refractivity contribution in [2.24, 2.45) is 0 Å². The third-order valence-electron chi connectivity index (χ3n) is 6.45. The molecular weight excluding hydrogens is 758 g/mol. The summed E-state index contributed by atoms with van der Waals surface area (Å²) < 4.78 is 17.8. The molecule has 0 fully saturated rings. The molecule has 12 nitrogen and oxygen atoms in total. The fraction of sp³-hybridized carbons (Fsp3) is 0.267. The number of halogens is 1. The molecule has 0 saturated heterocycles. The van der Waals surface area contributed by atoms with Gasteiger partial charge < -0.3 is 18.6 Å². The van der Waals surface area contributed by atoms with Crippen LogP contribution in [-0.4, -0.2) is 62.9 Å². The molecule has 0 aliphatic carbocycles. The number of rotatable bonds is 9. The van der Waals surface area contributed by atoms with Crippen LogP contribution in [0.1, 0.15) is 38.8 Å². The van der Waals surface area contributed by atoms with E-state index in [1.165, 1.54) is 17.6 Å². The van der Waals surface area contributed by atoms with E-state index in [0.29, 0.717) is 12.1 Å². The van der Waals surface area contributed by atoms with Crippen LogP contribution in [0, 0.1) is 0 Å². The summed E-state index contributed by atoms with van der Waals surface area (Å²) in [5.74, 6) is 3.06. The first-order valence-electron chi connectivity index (χ1n) is 13.7. The average Bonchev–Trinajstić information content (AvgIpc) is 3.93. The Bertz CT molecular complexity index is 1470. The van der Waals surface area contributed by atoms with Gasteiger partial charge in [-0.2, -0.15) is 10.2 Å². The van der Waals surface area contributed by atoms with Gasteiger partial charge in [-0.25, -0.2) is 29.3 Å². The maximum absolute atomic E-state index is 5.07. The fourth-order valence-electron chi connectivity index (χ4n) is 4.14. The predicted molar refractivity (Wildman–Crippen MR) is 165 cm³/mol. The van der Waals surface area contributed by atoms with E-state index in [0.717, 1.165) is 36.0 Å². The minimum absolute atomic E-state index is 0.467. The second-order valence-corrected chi connectivity index (χ2v) is 9.18. The zero-order valence-corrected chi connectivity index (χ0v) is 28.3. The summed E-state index contributed by atoms with van der Waals surface area (Å²) in [5, 5.41) is 8.12. The molecule has 0 saturated carbocycles. The van der Waals surface area contributed by atoms with Gasteiger partial charge in [-0.15, -0.1) is 0 Å². The number of imidazole rings is 2. The topological polar surface area (TPSA) is 116 Å². The number of hydrogen-bond acceptors (Lipinski definition) is 8. The molecule has 0 bridgehead atoms. The number of hydrogen-bond donors (Lipinski definition) is 0. The summed E-state index contributed by atoms with van der Waals surface area (Å²) in [4.78, 5) is 16.5. The third-order valence-corrected chi connectivity index (χ3v) is 6.45. The molecule has 0 aromatic carbocycles. The van der Waals surface area contributed by atoms with Crippen LogP contribution < -0.4 is 9.47 Å². The molecular formula is C30H36ClN10O2Os. The van der Waals surface area contributed by atoms with E-state index in [2.05, 4.69) is 62.8 Å². The summed E-state index contributed by atoms with van der Waals surface area (Å²) in [5.41, 5.74) is 0. The van der Waals surface area contributed by atoms with E-state index in [1.54, 1.807) is 60.5 Å². The van der Waals surface area contributed by atoms with Crippen molar-refractivity contribution >= 4 is 9.64 Å². The molecule has 0 N–H and O–H groups in total. The summed E-state index contributed by atoms with van der Waals surface area (Å²) in [6, 6.07) is 11.9. The standard InChI is InChI=1S/C12H18N4.2C9H9N3O.ClH.Os/c1-3-12(16-7-5-14-10-16)8-11(2)15-6-4-13-9-15;2*1-13-8-3-5-10-9(7-8)12-6-2-4-11-12;;/h4-7,9-12H,3,8H2,1-2H3;2*2-7H,1H3;1H;/q;;;;+1/p-1. The Morgan fingerprint density at radius 2 is 1.23 bits per heavy atom. The van der Waals surface area contributed by atoms with Gasteiger partial charge in [-0.1, -0.05) is 6.92 Å². The Balaban J connectivity index is 0.000000176. The van der Waals surface area contributed by atoms with Crippen LogP contribution in [0.4, 0.5) is 0 Å². The molecule has 6 rings (SSSR count). The average molecular weight is 794 g/mol. The van der Waals surface area contributed by atoms with Gasteiger partial charge in [0.1, 0.15) is 11.5 Å². The molecule has 233 valence electrons. The molecule has 14 heteroatoms. The summed E-state index contributed by atoms with van der Waals surface area (Å²) >= 11 is 1.33. The van der Waals surface area contributed by atoms with Crippen molar-refractivity contribution in [1.82, 2.24) is 48.6 Å². The van der Waals surface area contributed by atoms with Gasteiger partial charge in [0.05, 0.1) is 26.9 Å². The van der Waals surface area contributed by atoms with E-state index >= 15 is 0 Å². The molecule has 6 aromatic heterocycles. The second kappa shape index (κ2) is 19.0. The Morgan fingerprint density at radius 1 is 0.727 bits per heavy atom. The normalized spacial score (nSPS) is 11.4. The Hall–Kier alpha value is -4.33. The molecule has 2 atom stereocenters. The van der Waals surface area contributed by atoms with Crippen LogP contribution in [0.15, 0.2) is 111 Å². The molecule has 0 spiro atoms. The van der Waals surface area contributed by atoms with Gasteiger partial charge >= 0.3 is 27.2 Å². The number of methoxy groups -OCH3 is 2. The number of ether oxygens (including phenoxy) is 2. The molecule has 0 aliphatic heterocycles. The van der Waals surface area contributed by atoms with E-state index in [1.807, 2.05) is 74.1 Å². The van der Waals surface area contributed by atoms with E-state index < -0.39 is 0 Å². The van der Waals surface area contributed by atoms with Crippen molar-refractivity contribution in [2.45, 2.75) is 38.8 Å². The molecule has 0 radical (unpaired) electrons. The van der Waals surface area contributed by atoms with Gasteiger partial charge in [-0.3, -0.25) is 0 Å². The monoisotopic (exact) mass is 795 g/mol. The van der Waals surface area contributed by atoms with Gasteiger partial charge in [0.25, 0.3) is 0 Å². The zero-order chi connectivity index (χ0) is 31.6. The fourth-order valence-corrected chi connectivity index (χ4v) is 4.14. The van der Waals surface area contributed by atoms with Crippen LogP contribution in [0.5, 0.6) is 11.5 Å². The summed E-state index contributed by atoms with van der Waals surface area (Å²) in [6.07, 6.45) is 24.2. The van der Waals surface area contributed by atoms with E-state index in [-0.39, 0.29) is 0 Å². The predicted octanol–water partition coefficient (Wildman–Crippen LogP) is 5.92. The number of pyridine rings is 2. The van der Waals surface area contributed by atoms with Crippen LogP contribution in [0.2, 0.25) is 0 Å². The zero-order valence-electron chi connectivity index (χ0n) is 25.0. The molecule has 0 amide bonds. The van der Waals surface area contributed by atoms with Gasteiger partial charge in [0, 0.05) is 86.2 Å². The van der Waals surface area contributed by atoms with Gasteiger partial charge in [0.15, 0.2) is 11.6 Å². The van der Waals surface area contributed by atoms with E-state index in [4.69, 9.17) is 9.47 Å². The summed E-state index contributed by atoms with van der Waals surface area (Å²) in [6.45, 7) is 4.44. The van der Waals surface area contributed by atoms with Crippen molar-refractivity contribution in [3.8, 4) is 23.1 Å². The Morgan fingerprint density at radius 3 is 1.61 bits per heavy atom. The minimum atomic E-state index is 0.467. The number of aromatic nitrogens is 10. The first kappa shape index (κ1) is 34.2. The van der Waals surface area contributed by atoms with Gasteiger partial charge in [0.2, 0.25) is 0 Å². The number of nitrogens with zero attached hydrogens (tertiary/aromatic N) is 10. The van der Waals surface area contributed by atoms with Crippen LogP contribution in [-0.2, 0) is 17.6 Å². The van der Waals surface area contributed by atoms with Gasteiger partial charge in [-0.05, 0) is 44.0 Å². The van der Waals surface area contributed by atoms with E-state index in [9.17, 15) is 0 Å². The molecule has 6 aromatic rings. The Labute approximate surface area is 271 Å². The third kappa shape index (κ3) is 10.4. The quantitative estimate of drug-likeness (QED) is 0.177. The van der Waals surface area contributed by atoms with Crippen molar-refractivity contribution in [3.05, 3.63) is 111 Å². The first-order chi connectivity index (χ1) is 21.6. The van der Waals surface area contributed by atoms with Crippen molar-refractivity contribution in [2.75, 3.05) is 14.2 Å².